The Morgan fingerprint density at radius 1 is 1.44 bits per heavy atom. The minimum absolute atomic E-state index is 0.0500. The second-order valence-corrected chi connectivity index (χ2v) is 5.05. The van der Waals surface area contributed by atoms with Gasteiger partial charge in [0, 0.05) is 13.0 Å². The summed E-state index contributed by atoms with van der Waals surface area (Å²) in [5.74, 6) is -0.135. The third-order valence-corrected chi connectivity index (χ3v) is 3.24. The molecule has 1 saturated heterocycles. The summed E-state index contributed by atoms with van der Waals surface area (Å²) in [5.41, 5.74) is 0.144. The Bertz CT molecular complexity index is 256. The minimum atomic E-state index is -2.47. The highest BCUT2D eigenvalue weighted by Gasteiger charge is 2.26. The largest absolute Gasteiger partial charge is 0.375 e. The van der Waals surface area contributed by atoms with Crippen LogP contribution in [0.5, 0.6) is 0 Å². The Hall–Kier alpha value is -0.750. The van der Waals surface area contributed by atoms with Crippen LogP contribution in [-0.4, -0.2) is 45.2 Å². The Kier molecular flexibility index (Phi) is 6.49. The quantitative estimate of drug-likeness (QED) is 0.679. The number of carbonyl (C=O) groups excluding carboxylic acids is 1. The van der Waals surface area contributed by atoms with E-state index in [9.17, 15) is 13.6 Å². The van der Waals surface area contributed by atoms with Gasteiger partial charge in [0.2, 0.25) is 5.91 Å². The van der Waals surface area contributed by atoms with E-state index in [1.165, 1.54) is 0 Å². The SMILES string of the molecule is CC1(CNC(=O)CCOCC(F)F)CCNCC1. The molecule has 6 heteroatoms. The smallest absolute Gasteiger partial charge is 0.261 e. The fraction of sp³-hybridized carbons (Fsp3) is 0.917. The van der Waals surface area contributed by atoms with Crippen molar-refractivity contribution in [3.63, 3.8) is 0 Å². The van der Waals surface area contributed by atoms with E-state index in [2.05, 4.69) is 22.3 Å². The van der Waals surface area contributed by atoms with E-state index < -0.39 is 13.0 Å². The number of carbonyl (C=O) groups is 1. The van der Waals surface area contributed by atoms with E-state index in [4.69, 9.17) is 0 Å². The Morgan fingerprint density at radius 2 is 2.11 bits per heavy atom. The maximum absolute atomic E-state index is 11.8. The molecular weight excluding hydrogens is 242 g/mol. The van der Waals surface area contributed by atoms with Crippen molar-refractivity contribution in [3.05, 3.63) is 0 Å². The Balaban J connectivity index is 2.09. The maximum atomic E-state index is 11.8. The van der Waals surface area contributed by atoms with Gasteiger partial charge in [-0.25, -0.2) is 8.78 Å². The highest BCUT2D eigenvalue weighted by atomic mass is 19.3. The van der Waals surface area contributed by atoms with Crippen molar-refractivity contribution in [2.45, 2.75) is 32.6 Å². The summed E-state index contributed by atoms with van der Waals surface area (Å²) in [6, 6.07) is 0. The van der Waals surface area contributed by atoms with Crippen LogP contribution >= 0.6 is 0 Å². The first kappa shape index (κ1) is 15.3. The van der Waals surface area contributed by atoms with Crippen LogP contribution in [0.2, 0.25) is 0 Å². The number of alkyl halides is 2. The molecule has 4 nitrogen and oxygen atoms in total. The molecule has 1 heterocycles. The van der Waals surface area contributed by atoms with Crippen molar-refractivity contribution in [2.75, 3.05) is 32.8 Å². The van der Waals surface area contributed by atoms with Gasteiger partial charge >= 0.3 is 0 Å². The van der Waals surface area contributed by atoms with Crippen molar-refractivity contribution in [2.24, 2.45) is 5.41 Å². The van der Waals surface area contributed by atoms with Crippen molar-refractivity contribution >= 4 is 5.91 Å². The van der Waals surface area contributed by atoms with Crippen molar-refractivity contribution in [1.29, 1.82) is 0 Å². The number of rotatable bonds is 7. The monoisotopic (exact) mass is 264 g/mol. The third kappa shape index (κ3) is 6.26. The predicted octanol–water partition coefficient (Wildman–Crippen LogP) is 1.16. The van der Waals surface area contributed by atoms with Gasteiger partial charge in [-0.1, -0.05) is 6.92 Å². The highest BCUT2D eigenvalue weighted by molar-refractivity contribution is 5.75. The first-order valence-electron chi connectivity index (χ1n) is 6.35. The van der Waals surface area contributed by atoms with E-state index >= 15 is 0 Å². The molecule has 0 unspecified atom stereocenters. The molecule has 1 aliphatic rings. The van der Waals surface area contributed by atoms with Crippen LogP contribution in [0.4, 0.5) is 8.78 Å². The zero-order chi connectivity index (χ0) is 13.4. The van der Waals surface area contributed by atoms with E-state index in [1.807, 2.05) is 0 Å². The van der Waals surface area contributed by atoms with E-state index in [1.54, 1.807) is 0 Å². The van der Waals surface area contributed by atoms with E-state index in [-0.39, 0.29) is 24.3 Å². The Labute approximate surface area is 106 Å². The molecule has 0 spiro atoms. The average Bonchev–Trinajstić information content (AvgIpc) is 2.33. The number of halogens is 2. The molecule has 2 N–H and O–H groups in total. The molecule has 0 atom stereocenters. The van der Waals surface area contributed by atoms with Gasteiger partial charge in [0.05, 0.1) is 6.61 Å². The van der Waals surface area contributed by atoms with Crippen LogP contribution in [-0.2, 0) is 9.53 Å². The normalized spacial score (nSPS) is 18.9. The molecule has 1 amide bonds. The molecule has 1 fully saturated rings. The molecule has 1 rings (SSSR count). The highest BCUT2D eigenvalue weighted by Crippen LogP contribution is 2.26. The number of nitrogens with one attached hydrogen (secondary N) is 2. The molecule has 0 aromatic rings. The molecule has 0 aromatic heterocycles. The summed E-state index contributed by atoms with van der Waals surface area (Å²) < 4.78 is 28.2. The summed E-state index contributed by atoms with van der Waals surface area (Å²) in [7, 11) is 0. The molecule has 0 aromatic carbocycles. The number of piperidine rings is 1. The van der Waals surface area contributed by atoms with Crippen LogP contribution in [0.3, 0.4) is 0 Å². The second-order valence-electron chi connectivity index (χ2n) is 5.05. The van der Waals surface area contributed by atoms with Crippen LogP contribution in [0, 0.1) is 5.41 Å². The summed E-state index contributed by atoms with van der Waals surface area (Å²) >= 11 is 0. The van der Waals surface area contributed by atoms with Crippen molar-refractivity contribution in [1.82, 2.24) is 10.6 Å². The van der Waals surface area contributed by atoms with Crippen LogP contribution in [0.1, 0.15) is 26.2 Å². The average molecular weight is 264 g/mol. The predicted molar refractivity (Wildman–Crippen MR) is 64.7 cm³/mol. The standard InChI is InChI=1S/C12H22F2N2O2/c1-12(3-5-15-6-4-12)9-16-11(17)2-7-18-8-10(13)14/h10,15H,2-9H2,1H3,(H,16,17). The number of amides is 1. The third-order valence-electron chi connectivity index (χ3n) is 3.24. The van der Waals surface area contributed by atoms with Gasteiger partial charge in [0.15, 0.2) is 0 Å². The second kappa shape index (κ2) is 7.63. The zero-order valence-corrected chi connectivity index (χ0v) is 10.8. The van der Waals surface area contributed by atoms with Gasteiger partial charge in [-0.2, -0.15) is 0 Å². The van der Waals surface area contributed by atoms with Crippen LogP contribution in [0.15, 0.2) is 0 Å². The van der Waals surface area contributed by atoms with Gasteiger partial charge < -0.3 is 15.4 Å². The lowest BCUT2D eigenvalue weighted by molar-refractivity contribution is -0.123. The molecule has 1 aliphatic heterocycles. The topological polar surface area (TPSA) is 50.4 Å². The molecule has 0 aliphatic carbocycles. The molecule has 0 saturated carbocycles. The van der Waals surface area contributed by atoms with Gasteiger partial charge in [-0.3, -0.25) is 4.79 Å². The minimum Gasteiger partial charge on any atom is -0.375 e. The summed E-state index contributed by atoms with van der Waals surface area (Å²) in [6.45, 7) is 4.20. The first-order chi connectivity index (χ1) is 8.52. The van der Waals surface area contributed by atoms with E-state index in [0.717, 1.165) is 25.9 Å². The van der Waals surface area contributed by atoms with Crippen molar-refractivity contribution < 1.29 is 18.3 Å². The van der Waals surface area contributed by atoms with Gasteiger partial charge in [-0.05, 0) is 31.3 Å². The first-order valence-corrected chi connectivity index (χ1v) is 6.35. The number of hydrogen-bond donors (Lipinski definition) is 2. The maximum Gasteiger partial charge on any atom is 0.261 e. The van der Waals surface area contributed by atoms with Gasteiger partial charge in [0.25, 0.3) is 6.43 Å². The lowest BCUT2D eigenvalue weighted by Crippen LogP contribution is -2.43. The molecule has 18 heavy (non-hydrogen) atoms. The van der Waals surface area contributed by atoms with Crippen LogP contribution < -0.4 is 10.6 Å². The lowest BCUT2D eigenvalue weighted by atomic mass is 9.81. The number of hydrogen-bond acceptors (Lipinski definition) is 3. The number of ether oxygens (including phenoxy) is 1. The summed E-state index contributed by atoms with van der Waals surface area (Å²) in [5, 5.41) is 6.12. The molecule has 0 bridgehead atoms. The summed E-state index contributed by atoms with van der Waals surface area (Å²) in [6.07, 6.45) is -0.257. The molecule has 106 valence electrons. The molecular formula is C12H22F2N2O2. The fourth-order valence-corrected chi connectivity index (χ4v) is 1.94. The van der Waals surface area contributed by atoms with Crippen LogP contribution in [0.25, 0.3) is 0 Å². The van der Waals surface area contributed by atoms with Gasteiger partial charge in [-0.15, -0.1) is 0 Å². The zero-order valence-electron chi connectivity index (χ0n) is 10.8. The van der Waals surface area contributed by atoms with Crippen molar-refractivity contribution in [3.8, 4) is 0 Å². The molecule has 0 radical (unpaired) electrons. The van der Waals surface area contributed by atoms with E-state index in [0.29, 0.717) is 6.54 Å². The summed E-state index contributed by atoms with van der Waals surface area (Å²) in [4.78, 5) is 11.5. The lowest BCUT2D eigenvalue weighted by Gasteiger charge is -2.34. The van der Waals surface area contributed by atoms with Gasteiger partial charge in [0.1, 0.15) is 6.61 Å². The fourth-order valence-electron chi connectivity index (χ4n) is 1.94. The Morgan fingerprint density at radius 3 is 2.72 bits per heavy atom.